The molecule has 0 aromatic heterocycles. The van der Waals surface area contributed by atoms with Gasteiger partial charge in [0.05, 0.1) is 11.1 Å². The van der Waals surface area contributed by atoms with Crippen molar-refractivity contribution in [2.75, 3.05) is 4.90 Å². The summed E-state index contributed by atoms with van der Waals surface area (Å²) in [5, 5.41) is 4.86. The van der Waals surface area contributed by atoms with Gasteiger partial charge in [0.1, 0.15) is 0 Å². The molecule has 0 amide bonds. The van der Waals surface area contributed by atoms with Gasteiger partial charge in [0.25, 0.3) is 0 Å². The van der Waals surface area contributed by atoms with Crippen molar-refractivity contribution in [2.24, 2.45) is 0 Å². The van der Waals surface area contributed by atoms with Crippen LogP contribution in [0.5, 0.6) is 0 Å². The van der Waals surface area contributed by atoms with Crippen LogP contribution in [0.15, 0.2) is 273 Å². The topological polar surface area (TPSA) is 3.24 Å². The lowest BCUT2D eigenvalue weighted by Gasteiger charge is -2.33. The van der Waals surface area contributed by atoms with Crippen LogP contribution in [0, 0.1) is 0 Å². The second-order valence-electron chi connectivity index (χ2n) is 18.7. The summed E-state index contributed by atoms with van der Waals surface area (Å²) in [6, 6.07) is 101. The molecule has 14 rings (SSSR count). The molecule has 0 bridgehead atoms. The molecule has 0 unspecified atom stereocenters. The van der Waals surface area contributed by atoms with Crippen LogP contribution in [0.2, 0.25) is 0 Å². The van der Waals surface area contributed by atoms with Crippen LogP contribution in [-0.2, 0) is 5.41 Å². The highest BCUT2D eigenvalue weighted by Gasteiger charge is 2.51. The molecular weight excluding hydrogens is 843 g/mol. The van der Waals surface area contributed by atoms with E-state index in [4.69, 9.17) is 0 Å². The normalized spacial score (nSPS) is 12.7. The monoisotopic (exact) mass is 887 g/mol. The first-order valence-electron chi connectivity index (χ1n) is 24.3. The molecule has 0 saturated heterocycles. The molecule has 0 saturated carbocycles. The number of anilines is 3. The highest BCUT2D eigenvalue weighted by molar-refractivity contribution is 6.22. The van der Waals surface area contributed by atoms with E-state index >= 15 is 0 Å². The Kier molecular flexibility index (Phi) is 9.19. The Balaban J connectivity index is 1.06. The van der Waals surface area contributed by atoms with E-state index in [9.17, 15) is 0 Å². The Morgan fingerprint density at radius 3 is 1.17 bits per heavy atom. The largest absolute Gasteiger partial charge is 0.309 e. The Hall–Kier alpha value is -9.04. The lowest BCUT2D eigenvalue weighted by atomic mass is 9.70. The second kappa shape index (κ2) is 16.0. The highest BCUT2D eigenvalue weighted by atomic mass is 15.1. The maximum atomic E-state index is 2.56. The summed E-state index contributed by atoms with van der Waals surface area (Å²) in [6.07, 6.45) is 0. The van der Waals surface area contributed by atoms with Crippen molar-refractivity contribution in [2.45, 2.75) is 5.41 Å². The van der Waals surface area contributed by atoms with E-state index in [0.29, 0.717) is 0 Å². The molecule has 1 nitrogen and oxygen atoms in total. The van der Waals surface area contributed by atoms with E-state index in [-0.39, 0.29) is 0 Å². The number of nitrogens with zero attached hydrogens (tertiary/aromatic N) is 1. The number of rotatable bonds is 7. The minimum atomic E-state index is -0.493. The predicted molar refractivity (Wildman–Crippen MR) is 294 cm³/mol. The summed E-state index contributed by atoms with van der Waals surface area (Å²) in [6.45, 7) is 0. The molecule has 0 aliphatic heterocycles. The van der Waals surface area contributed by atoms with Gasteiger partial charge in [-0.15, -0.1) is 0 Å². The quantitative estimate of drug-likeness (QED) is 0.144. The first-order chi connectivity index (χ1) is 34.8. The summed E-state index contributed by atoms with van der Waals surface area (Å²) in [4.78, 5) is 2.56. The molecule has 0 heterocycles. The van der Waals surface area contributed by atoms with E-state index in [1.165, 1.54) is 111 Å². The van der Waals surface area contributed by atoms with E-state index in [1.807, 2.05) is 0 Å². The Morgan fingerprint density at radius 1 is 0.229 bits per heavy atom. The number of hydrogen-bond donors (Lipinski definition) is 0. The Morgan fingerprint density at radius 2 is 0.600 bits per heavy atom. The van der Waals surface area contributed by atoms with Crippen molar-refractivity contribution < 1.29 is 0 Å². The fraction of sp³-hybridized carbons (Fsp3) is 0.0145. The number of benzene rings is 12. The molecule has 1 spiro atoms. The third kappa shape index (κ3) is 5.98. The predicted octanol–water partition coefficient (Wildman–Crippen LogP) is 18.5. The van der Waals surface area contributed by atoms with Crippen LogP contribution in [0.1, 0.15) is 22.3 Å². The van der Waals surface area contributed by atoms with Gasteiger partial charge >= 0.3 is 0 Å². The van der Waals surface area contributed by atoms with Gasteiger partial charge in [0.2, 0.25) is 0 Å². The van der Waals surface area contributed by atoms with Crippen molar-refractivity contribution in [1.29, 1.82) is 0 Å². The van der Waals surface area contributed by atoms with Gasteiger partial charge in [-0.25, -0.2) is 0 Å². The van der Waals surface area contributed by atoms with E-state index < -0.39 is 5.41 Å². The van der Waals surface area contributed by atoms with Gasteiger partial charge in [-0.05, 0) is 124 Å². The summed E-state index contributed by atoms with van der Waals surface area (Å²) >= 11 is 0. The van der Waals surface area contributed by atoms with E-state index in [0.717, 1.165) is 17.1 Å². The maximum Gasteiger partial charge on any atom is 0.0726 e. The zero-order valence-electron chi connectivity index (χ0n) is 38.4. The average Bonchev–Trinajstić information content (AvgIpc) is 3.91. The lowest BCUT2D eigenvalue weighted by Crippen LogP contribution is -2.26. The molecule has 1 heteroatoms. The minimum absolute atomic E-state index is 0.493. The van der Waals surface area contributed by atoms with Crippen molar-refractivity contribution >= 4 is 38.6 Å². The summed E-state index contributed by atoms with van der Waals surface area (Å²) < 4.78 is 0. The zero-order valence-corrected chi connectivity index (χ0v) is 38.4. The highest BCUT2D eigenvalue weighted by Crippen LogP contribution is 2.63. The third-order valence-electron chi connectivity index (χ3n) is 15.1. The van der Waals surface area contributed by atoms with Crippen LogP contribution in [0.4, 0.5) is 17.1 Å². The minimum Gasteiger partial charge on any atom is -0.309 e. The first-order valence-corrected chi connectivity index (χ1v) is 24.3. The molecule has 2 aliphatic carbocycles. The Labute approximate surface area is 408 Å². The third-order valence-corrected chi connectivity index (χ3v) is 15.1. The lowest BCUT2D eigenvalue weighted by molar-refractivity contribution is 0.793. The van der Waals surface area contributed by atoms with Crippen molar-refractivity contribution in [3.63, 3.8) is 0 Å². The number of hydrogen-bond acceptors (Lipinski definition) is 1. The molecule has 0 atom stereocenters. The van der Waals surface area contributed by atoms with Crippen molar-refractivity contribution in [1.82, 2.24) is 0 Å². The zero-order chi connectivity index (χ0) is 46.2. The molecule has 12 aromatic carbocycles. The van der Waals surface area contributed by atoms with Gasteiger partial charge in [-0.1, -0.05) is 249 Å². The van der Waals surface area contributed by atoms with Gasteiger partial charge in [0.15, 0.2) is 0 Å². The Bertz CT molecular complexity index is 3920. The molecule has 70 heavy (non-hydrogen) atoms. The number of fused-ring (bicyclic) bond motifs is 13. The van der Waals surface area contributed by atoms with Crippen molar-refractivity contribution in [3.05, 3.63) is 295 Å². The SMILES string of the molecule is c1ccc(-c2ccc(-c3c(N(c4ccc(-c5ccccc5-c5ccccc5)cc4)c4ccc5c(c4)C4(c6ccccc6-c6ccccc64)c4ccccc4-5)c4ccccc4c4ccccc34)cc2)cc1. The van der Waals surface area contributed by atoms with Gasteiger partial charge in [0, 0.05) is 22.3 Å². The van der Waals surface area contributed by atoms with E-state index in [1.54, 1.807) is 0 Å². The van der Waals surface area contributed by atoms with E-state index in [2.05, 4.69) is 278 Å². The summed E-state index contributed by atoms with van der Waals surface area (Å²) in [5.74, 6) is 0. The summed E-state index contributed by atoms with van der Waals surface area (Å²) in [5.41, 5.74) is 22.9. The fourth-order valence-corrected chi connectivity index (χ4v) is 12.1. The maximum absolute atomic E-state index is 2.56. The first kappa shape index (κ1) is 40.1. The molecule has 0 fully saturated rings. The van der Waals surface area contributed by atoms with Crippen LogP contribution >= 0.6 is 0 Å². The fourth-order valence-electron chi connectivity index (χ4n) is 12.1. The van der Waals surface area contributed by atoms with Crippen LogP contribution < -0.4 is 4.90 Å². The standard InChI is InChI=1S/C69H45N/c1-3-19-46(20-4-1)47-35-37-50(38-36-47)67-61-30-11-9-25-55(61)56-26-10-12-31-62(56)68(67)70(51-41-39-49(40-42-51)54-24-8-7-23-53(54)48-21-5-2-6-22-48)52-43-44-60-59-29-15-18-34-65(59)69(66(60)45-52)63-32-16-13-27-57(63)58-28-14-17-33-64(58)69/h1-45H. The molecular formula is C69H45N. The molecule has 0 N–H and O–H groups in total. The summed E-state index contributed by atoms with van der Waals surface area (Å²) in [7, 11) is 0. The average molecular weight is 888 g/mol. The van der Waals surface area contributed by atoms with Gasteiger partial charge in [-0.2, -0.15) is 0 Å². The van der Waals surface area contributed by atoms with Gasteiger partial charge in [-0.3, -0.25) is 0 Å². The van der Waals surface area contributed by atoms with Crippen molar-refractivity contribution in [3.8, 4) is 66.8 Å². The smallest absolute Gasteiger partial charge is 0.0726 e. The molecule has 326 valence electrons. The molecule has 0 radical (unpaired) electrons. The molecule has 2 aliphatic rings. The molecule has 12 aromatic rings. The van der Waals surface area contributed by atoms with Crippen LogP contribution in [-0.4, -0.2) is 0 Å². The van der Waals surface area contributed by atoms with Crippen LogP contribution in [0.3, 0.4) is 0 Å². The second-order valence-corrected chi connectivity index (χ2v) is 18.7. The van der Waals surface area contributed by atoms with Crippen LogP contribution in [0.25, 0.3) is 88.3 Å². The van der Waals surface area contributed by atoms with Gasteiger partial charge < -0.3 is 4.90 Å².